The van der Waals surface area contributed by atoms with Crippen molar-refractivity contribution in [3.05, 3.63) is 0 Å². The second kappa shape index (κ2) is 22.5. The summed E-state index contributed by atoms with van der Waals surface area (Å²) in [5, 5.41) is 1.50. The van der Waals surface area contributed by atoms with Crippen LogP contribution in [0.5, 0.6) is 0 Å². The van der Waals surface area contributed by atoms with E-state index in [2.05, 4.69) is 18.1 Å². The van der Waals surface area contributed by atoms with Gasteiger partial charge in [-0.2, -0.15) is 0 Å². The fourth-order valence-electron chi connectivity index (χ4n) is 3.06. The van der Waals surface area contributed by atoms with Crippen molar-refractivity contribution in [1.29, 1.82) is 0 Å². The Bertz CT molecular complexity index is 176. The van der Waals surface area contributed by atoms with Crippen LogP contribution in [0.1, 0.15) is 123 Å². The summed E-state index contributed by atoms with van der Waals surface area (Å²) in [7, 11) is 0. The van der Waals surface area contributed by atoms with Crippen molar-refractivity contribution in [1.82, 2.24) is 4.23 Å². The normalized spacial score (nSPS) is 11.7. The minimum atomic E-state index is 0.200. The van der Waals surface area contributed by atoms with Crippen LogP contribution in [0.3, 0.4) is 0 Å². The van der Waals surface area contributed by atoms with E-state index in [1.165, 1.54) is 121 Å². The van der Waals surface area contributed by atoms with Crippen LogP contribution < -0.4 is 4.23 Å². The monoisotopic (exact) mass is 387 g/mol. The molecule has 0 aliphatic carbocycles. The number of rotatable bonds is 20. The fraction of sp³-hybridized carbons (Fsp3) is 1.00. The third-order valence-electron chi connectivity index (χ3n) is 4.66. The van der Waals surface area contributed by atoms with Crippen LogP contribution in [0.25, 0.3) is 0 Å². The van der Waals surface area contributed by atoms with Gasteiger partial charge in [-0.05, 0) is 0 Å². The third-order valence-corrected chi connectivity index (χ3v) is 6.97. The molecule has 2 heteroatoms. The molecule has 0 spiro atoms. The van der Waals surface area contributed by atoms with E-state index in [9.17, 15) is 0 Å². The SMILES string of the molecule is CCCCCCCCCCCCCCCCCC[AsH]NCCC. The number of hydrogen-bond acceptors (Lipinski definition) is 1. The predicted octanol–water partition coefficient (Wildman–Crippen LogP) is 7.02. The fourth-order valence-corrected chi connectivity index (χ4v) is 5.22. The van der Waals surface area contributed by atoms with Gasteiger partial charge in [0.2, 0.25) is 0 Å². The molecule has 0 saturated heterocycles. The van der Waals surface area contributed by atoms with E-state index in [4.69, 9.17) is 0 Å². The van der Waals surface area contributed by atoms with Gasteiger partial charge in [0.15, 0.2) is 0 Å². The van der Waals surface area contributed by atoms with Crippen molar-refractivity contribution < 1.29 is 0 Å². The minimum absolute atomic E-state index is 0.200. The Kier molecular flexibility index (Phi) is 23.0. The summed E-state index contributed by atoms with van der Waals surface area (Å²) < 4.78 is 3.61. The van der Waals surface area contributed by atoms with Gasteiger partial charge in [-0.25, -0.2) is 0 Å². The molecule has 1 N–H and O–H groups in total. The van der Waals surface area contributed by atoms with Crippen molar-refractivity contribution in [2.45, 2.75) is 128 Å². The number of hydrogen-bond donors (Lipinski definition) is 1. The summed E-state index contributed by atoms with van der Waals surface area (Å²) in [5.74, 6) is 0. The summed E-state index contributed by atoms with van der Waals surface area (Å²) in [5.41, 5.74) is 0. The van der Waals surface area contributed by atoms with E-state index in [0.29, 0.717) is 0 Å². The molecule has 0 rings (SSSR count). The Morgan fingerprint density at radius 1 is 0.478 bits per heavy atom. The Labute approximate surface area is 155 Å². The van der Waals surface area contributed by atoms with Gasteiger partial charge in [-0.15, -0.1) is 0 Å². The van der Waals surface area contributed by atoms with Gasteiger partial charge in [0.1, 0.15) is 0 Å². The van der Waals surface area contributed by atoms with Gasteiger partial charge in [0.25, 0.3) is 0 Å². The molecule has 0 heterocycles. The zero-order valence-corrected chi connectivity index (χ0v) is 18.5. The maximum absolute atomic E-state index is 3.61. The summed E-state index contributed by atoms with van der Waals surface area (Å²) in [4.78, 5) is 0. The van der Waals surface area contributed by atoms with Crippen LogP contribution >= 0.6 is 0 Å². The van der Waals surface area contributed by atoms with Gasteiger partial charge in [0.05, 0.1) is 0 Å². The van der Waals surface area contributed by atoms with Gasteiger partial charge in [0, 0.05) is 0 Å². The first-order chi connectivity index (χ1) is 11.4. The standard InChI is InChI=1S/C21H46AsN/c1-3-5-6-7-8-9-10-11-12-13-14-15-16-17-18-19-20-22-23-21-4-2/h22-23H,3-21H2,1-2H3. The molecule has 0 aromatic heterocycles. The molecular weight excluding hydrogens is 341 g/mol. The second-order valence-electron chi connectivity index (χ2n) is 7.16. The predicted molar refractivity (Wildman–Crippen MR) is 110 cm³/mol. The maximum atomic E-state index is 3.61. The summed E-state index contributed by atoms with van der Waals surface area (Å²) >= 11 is 0.200. The Hall–Kier alpha value is 0.518. The molecule has 0 saturated carbocycles. The van der Waals surface area contributed by atoms with Crippen LogP contribution in [-0.4, -0.2) is 22.5 Å². The zero-order chi connectivity index (χ0) is 16.8. The Balaban J connectivity index is 2.92. The molecule has 23 heavy (non-hydrogen) atoms. The topological polar surface area (TPSA) is 12.0 Å². The van der Waals surface area contributed by atoms with E-state index in [1.807, 2.05) is 0 Å². The summed E-state index contributed by atoms with van der Waals surface area (Å²) in [6.45, 7) is 5.81. The van der Waals surface area contributed by atoms with Crippen LogP contribution in [-0.2, 0) is 0 Å². The van der Waals surface area contributed by atoms with Crippen molar-refractivity contribution >= 4 is 16.0 Å². The van der Waals surface area contributed by atoms with Crippen molar-refractivity contribution in [3.63, 3.8) is 0 Å². The van der Waals surface area contributed by atoms with Crippen LogP contribution in [0.15, 0.2) is 0 Å². The van der Waals surface area contributed by atoms with Gasteiger partial charge in [-0.3, -0.25) is 0 Å². The molecule has 0 fully saturated rings. The van der Waals surface area contributed by atoms with Gasteiger partial charge in [-0.1, -0.05) is 39.0 Å². The molecule has 0 bridgehead atoms. The zero-order valence-electron chi connectivity index (χ0n) is 16.4. The first-order valence-electron chi connectivity index (χ1n) is 10.9. The average molecular weight is 388 g/mol. The van der Waals surface area contributed by atoms with E-state index >= 15 is 0 Å². The Morgan fingerprint density at radius 3 is 1.26 bits per heavy atom. The van der Waals surface area contributed by atoms with Crippen LogP contribution in [0, 0.1) is 0 Å². The van der Waals surface area contributed by atoms with E-state index < -0.39 is 0 Å². The molecule has 1 atom stereocenters. The van der Waals surface area contributed by atoms with Crippen LogP contribution in [0.4, 0.5) is 0 Å². The molecule has 0 aliphatic rings. The van der Waals surface area contributed by atoms with E-state index in [-0.39, 0.29) is 16.0 Å². The molecule has 0 aliphatic heterocycles. The van der Waals surface area contributed by atoms with Gasteiger partial charge < -0.3 is 0 Å². The molecule has 0 aromatic carbocycles. The first kappa shape index (κ1) is 23.5. The molecule has 140 valence electrons. The summed E-state index contributed by atoms with van der Waals surface area (Å²) in [6.07, 6.45) is 24.9. The molecule has 0 aromatic rings. The second-order valence-corrected chi connectivity index (χ2v) is 9.69. The number of unbranched alkanes of at least 4 members (excludes halogenated alkanes) is 15. The molecule has 1 nitrogen and oxygen atoms in total. The van der Waals surface area contributed by atoms with Crippen LogP contribution in [0.2, 0.25) is 5.21 Å². The quantitative estimate of drug-likeness (QED) is 0.175. The van der Waals surface area contributed by atoms with E-state index in [0.717, 1.165) is 0 Å². The molecular formula is C21H46AsN. The molecule has 1 unspecified atom stereocenters. The van der Waals surface area contributed by atoms with Crippen molar-refractivity contribution in [2.24, 2.45) is 0 Å². The summed E-state index contributed by atoms with van der Waals surface area (Å²) in [6, 6.07) is 0. The Morgan fingerprint density at radius 2 is 0.870 bits per heavy atom. The first-order valence-corrected chi connectivity index (χ1v) is 13.4. The van der Waals surface area contributed by atoms with Crippen molar-refractivity contribution in [3.8, 4) is 0 Å². The van der Waals surface area contributed by atoms with Gasteiger partial charge >= 0.3 is 116 Å². The molecule has 0 amide bonds. The van der Waals surface area contributed by atoms with E-state index in [1.54, 1.807) is 0 Å². The molecule has 0 radical (unpaired) electrons. The number of nitrogens with one attached hydrogen (secondary N) is 1. The van der Waals surface area contributed by atoms with Crippen molar-refractivity contribution in [2.75, 3.05) is 6.54 Å². The third kappa shape index (κ3) is 22.5. The average Bonchev–Trinajstić information content (AvgIpc) is 2.57.